The van der Waals surface area contributed by atoms with Gasteiger partial charge in [0.05, 0.1) is 11.9 Å². The van der Waals surface area contributed by atoms with Crippen LogP contribution < -0.4 is 10.5 Å². The van der Waals surface area contributed by atoms with Gasteiger partial charge in [-0.05, 0) is 36.8 Å². The van der Waals surface area contributed by atoms with Crippen molar-refractivity contribution in [2.24, 2.45) is 0 Å². The molecule has 21 heavy (non-hydrogen) atoms. The van der Waals surface area contributed by atoms with E-state index in [1.54, 1.807) is 30.5 Å². The highest BCUT2D eigenvalue weighted by atomic mass is 32.2. The van der Waals surface area contributed by atoms with Crippen LogP contribution in [0, 0.1) is 6.92 Å². The Balaban J connectivity index is 2.09. The first-order valence-corrected chi connectivity index (χ1v) is 7.76. The fourth-order valence-corrected chi connectivity index (χ4v) is 3.39. The molecule has 0 amide bonds. The quantitative estimate of drug-likeness (QED) is 0.646. The van der Waals surface area contributed by atoms with Crippen molar-refractivity contribution >= 4 is 32.3 Å². The van der Waals surface area contributed by atoms with Gasteiger partial charge in [-0.3, -0.25) is 9.71 Å². The Hall–Kier alpha value is -2.54. The molecule has 3 aromatic rings. The molecule has 0 radical (unpaired) electrons. The van der Waals surface area contributed by atoms with Crippen LogP contribution in [-0.4, -0.2) is 18.4 Å². The predicted octanol–water partition coefficient (Wildman–Crippen LogP) is 2.25. The van der Waals surface area contributed by atoms with E-state index in [1.165, 1.54) is 12.4 Å². The summed E-state index contributed by atoms with van der Waals surface area (Å²) in [6.45, 7) is 1.81. The summed E-state index contributed by atoms with van der Waals surface area (Å²) < 4.78 is 27.6. The highest BCUT2D eigenvalue weighted by molar-refractivity contribution is 7.93. The standard InChI is InChI=1S/C14H14N4O2S/c1-9-4-5-16-7-13(9)18-21(19,20)14-8-17-12-3-2-10(15)6-11(12)14/h2-8,17-18H,15H2,1H3. The molecule has 0 fully saturated rings. The Morgan fingerprint density at radius 1 is 1.29 bits per heavy atom. The Morgan fingerprint density at radius 3 is 2.86 bits per heavy atom. The van der Waals surface area contributed by atoms with E-state index in [1.807, 2.05) is 6.92 Å². The molecule has 0 spiro atoms. The number of nitrogens with two attached hydrogens (primary N) is 1. The van der Waals surface area contributed by atoms with E-state index in [0.29, 0.717) is 22.3 Å². The van der Waals surface area contributed by atoms with Crippen molar-refractivity contribution in [3.63, 3.8) is 0 Å². The first-order chi connectivity index (χ1) is 9.97. The molecule has 2 aromatic heterocycles. The molecule has 0 bridgehead atoms. The number of aromatic amines is 1. The molecule has 0 unspecified atom stereocenters. The maximum absolute atomic E-state index is 12.5. The third kappa shape index (κ3) is 2.43. The Kier molecular flexibility index (Phi) is 3.06. The normalized spacial score (nSPS) is 11.7. The van der Waals surface area contributed by atoms with Gasteiger partial charge in [0.25, 0.3) is 10.0 Å². The molecule has 0 aliphatic carbocycles. The van der Waals surface area contributed by atoms with Crippen molar-refractivity contribution in [2.45, 2.75) is 11.8 Å². The molecular weight excluding hydrogens is 288 g/mol. The van der Waals surface area contributed by atoms with Crippen molar-refractivity contribution in [2.75, 3.05) is 10.5 Å². The average Bonchev–Trinajstić information content (AvgIpc) is 2.85. The predicted molar refractivity (Wildman–Crippen MR) is 82.5 cm³/mol. The Labute approximate surface area is 122 Å². The lowest BCUT2D eigenvalue weighted by molar-refractivity contribution is 0.602. The third-order valence-corrected chi connectivity index (χ3v) is 4.65. The molecular formula is C14H14N4O2S. The molecule has 2 heterocycles. The van der Waals surface area contributed by atoms with E-state index in [9.17, 15) is 8.42 Å². The summed E-state index contributed by atoms with van der Waals surface area (Å²) in [6.07, 6.45) is 4.55. The van der Waals surface area contributed by atoms with Gasteiger partial charge in [-0.2, -0.15) is 0 Å². The first kappa shape index (κ1) is 13.4. The summed E-state index contributed by atoms with van der Waals surface area (Å²) in [7, 11) is -3.71. The number of nitrogens with one attached hydrogen (secondary N) is 2. The van der Waals surface area contributed by atoms with Crippen LogP contribution in [-0.2, 0) is 10.0 Å². The van der Waals surface area contributed by atoms with E-state index in [0.717, 1.165) is 5.56 Å². The van der Waals surface area contributed by atoms with Crippen molar-refractivity contribution in [1.29, 1.82) is 0 Å². The van der Waals surface area contributed by atoms with Crippen LogP contribution in [0.15, 0.2) is 47.8 Å². The van der Waals surface area contributed by atoms with Gasteiger partial charge >= 0.3 is 0 Å². The third-order valence-electron chi connectivity index (χ3n) is 3.24. The van der Waals surface area contributed by atoms with Gasteiger partial charge in [-0.15, -0.1) is 0 Å². The van der Waals surface area contributed by atoms with E-state index in [4.69, 9.17) is 5.73 Å². The Morgan fingerprint density at radius 2 is 2.10 bits per heavy atom. The molecule has 7 heteroatoms. The average molecular weight is 302 g/mol. The van der Waals surface area contributed by atoms with Crippen LogP contribution >= 0.6 is 0 Å². The van der Waals surface area contributed by atoms with E-state index in [2.05, 4.69) is 14.7 Å². The second-order valence-electron chi connectivity index (χ2n) is 4.75. The van der Waals surface area contributed by atoms with Crippen LogP contribution in [0.2, 0.25) is 0 Å². The minimum atomic E-state index is -3.71. The zero-order chi connectivity index (χ0) is 15.0. The summed E-state index contributed by atoms with van der Waals surface area (Å²) in [5.41, 5.74) is 8.21. The minimum Gasteiger partial charge on any atom is -0.399 e. The monoisotopic (exact) mass is 302 g/mol. The molecule has 4 N–H and O–H groups in total. The number of fused-ring (bicyclic) bond motifs is 1. The molecule has 108 valence electrons. The topological polar surface area (TPSA) is 101 Å². The van der Waals surface area contributed by atoms with E-state index in [-0.39, 0.29) is 4.90 Å². The highest BCUT2D eigenvalue weighted by Gasteiger charge is 2.20. The lowest BCUT2D eigenvalue weighted by Gasteiger charge is -2.09. The number of aromatic nitrogens is 2. The molecule has 3 rings (SSSR count). The van der Waals surface area contributed by atoms with Gasteiger partial charge in [0.1, 0.15) is 4.90 Å². The number of pyridine rings is 1. The SMILES string of the molecule is Cc1ccncc1NS(=O)(=O)c1c[nH]c2ccc(N)cc12. The molecule has 6 nitrogen and oxygen atoms in total. The number of rotatable bonds is 3. The smallest absolute Gasteiger partial charge is 0.264 e. The first-order valence-electron chi connectivity index (χ1n) is 6.27. The fraction of sp³-hybridized carbons (Fsp3) is 0.0714. The highest BCUT2D eigenvalue weighted by Crippen LogP contribution is 2.27. The van der Waals surface area contributed by atoms with Gasteiger partial charge < -0.3 is 10.7 Å². The number of hydrogen-bond acceptors (Lipinski definition) is 4. The van der Waals surface area contributed by atoms with Gasteiger partial charge in [0, 0.05) is 29.0 Å². The van der Waals surface area contributed by atoms with Crippen molar-refractivity contribution in [1.82, 2.24) is 9.97 Å². The maximum Gasteiger partial charge on any atom is 0.264 e. The van der Waals surface area contributed by atoms with Crippen LogP contribution in [0.4, 0.5) is 11.4 Å². The summed E-state index contributed by atoms with van der Waals surface area (Å²) in [5, 5.41) is 0.559. The van der Waals surface area contributed by atoms with Crippen LogP contribution in [0.3, 0.4) is 0 Å². The number of nitrogen functional groups attached to an aromatic ring is 1. The molecule has 1 aromatic carbocycles. The van der Waals surface area contributed by atoms with Gasteiger partial charge in [0.2, 0.25) is 0 Å². The van der Waals surface area contributed by atoms with Crippen LogP contribution in [0.1, 0.15) is 5.56 Å². The second kappa shape index (κ2) is 4.78. The minimum absolute atomic E-state index is 0.160. The lowest BCUT2D eigenvalue weighted by Crippen LogP contribution is -2.13. The van der Waals surface area contributed by atoms with Gasteiger partial charge in [-0.25, -0.2) is 8.42 Å². The van der Waals surface area contributed by atoms with Crippen LogP contribution in [0.25, 0.3) is 10.9 Å². The number of sulfonamides is 1. The van der Waals surface area contributed by atoms with Crippen LogP contribution in [0.5, 0.6) is 0 Å². The molecule has 0 atom stereocenters. The number of H-pyrrole nitrogens is 1. The zero-order valence-electron chi connectivity index (χ0n) is 11.3. The van der Waals surface area contributed by atoms with Crippen molar-refractivity contribution < 1.29 is 8.42 Å². The van der Waals surface area contributed by atoms with Gasteiger partial charge in [0.15, 0.2) is 0 Å². The maximum atomic E-state index is 12.5. The van der Waals surface area contributed by atoms with Crippen molar-refractivity contribution in [3.8, 4) is 0 Å². The number of nitrogens with zero attached hydrogens (tertiary/aromatic N) is 1. The lowest BCUT2D eigenvalue weighted by atomic mass is 10.2. The molecule has 0 aliphatic heterocycles. The summed E-state index contributed by atoms with van der Waals surface area (Å²) >= 11 is 0. The fourth-order valence-electron chi connectivity index (χ4n) is 2.11. The number of aryl methyl sites for hydroxylation is 1. The van der Waals surface area contributed by atoms with E-state index >= 15 is 0 Å². The second-order valence-corrected chi connectivity index (χ2v) is 6.40. The van der Waals surface area contributed by atoms with Crippen molar-refractivity contribution in [3.05, 3.63) is 48.4 Å². The zero-order valence-corrected chi connectivity index (χ0v) is 12.1. The largest absolute Gasteiger partial charge is 0.399 e. The number of benzene rings is 1. The molecule has 0 aliphatic rings. The summed E-state index contributed by atoms with van der Waals surface area (Å²) in [4.78, 5) is 7.02. The molecule has 0 saturated carbocycles. The summed E-state index contributed by atoms with van der Waals surface area (Å²) in [5.74, 6) is 0. The van der Waals surface area contributed by atoms with E-state index < -0.39 is 10.0 Å². The molecule has 0 saturated heterocycles. The summed E-state index contributed by atoms with van der Waals surface area (Å²) in [6, 6.07) is 6.84. The number of anilines is 2. The van der Waals surface area contributed by atoms with Gasteiger partial charge in [-0.1, -0.05) is 0 Å². The number of hydrogen-bond donors (Lipinski definition) is 3. The Bertz CT molecular complexity index is 916.